The minimum atomic E-state index is -3.31. The highest BCUT2D eigenvalue weighted by Crippen LogP contribution is 2.21. The van der Waals surface area contributed by atoms with E-state index in [1.165, 1.54) is 7.05 Å². The average molecular weight is 342 g/mol. The second-order valence-electron chi connectivity index (χ2n) is 5.32. The maximum atomic E-state index is 12.6. The van der Waals surface area contributed by atoms with Gasteiger partial charge in [-0.2, -0.15) is 0 Å². The molecule has 0 aromatic rings. The molecule has 2 fully saturated rings. The number of ether oxygens (including phenoxy) is 1. The molecule has 0 spiro atoms. The summed E-state index contributed by atoms with van der Waals surface area (Å²) >= 11 is 0. The highest BCUT2D eigenvalue weighted by molar-refractivity contribution is 7.89. The molecule has 2 heterocycles. The second kappa shape index (κ2) is 7.73. The van der Waals surface area contributed by atoms with Crippen LogP contribution >= 0.6 is 12.4 Å². The molecule has 2 N–H and O–H groups in total. The van der Waals surface area contributed by atoms with Gasteiger partial charge in [-0.3, -0.25) is 4.79 Å². The molecular weight excluding hydrogens is 318 g/mol. The molecule has 7 nitrogen and oxygen atoms in total. The predicted molar refractivity (Wildman–Crippen MR) is 82.0 cm³/mol. The number of carbonyl (C=O) groups excluding carboxylic acids is 1. The third kappa shape index (κ3) is 4.53. The van der Waals surface area contributed by atoms with E-state index in [0.717, 1.165) is 12.8 Å². The number of nitrogens with zero attached hydrogens (tertiary/aromatic N) is 1. The number of hydrogen-bond acceptors (Lipinski definition) is 5. The number of amides is 1. The average Bonchev–Trinajstić information content (AvgIpc) is 2.86. The zero-order valence-corrected chi connectivity index (χ0v) is 14.0. The summed E-state index contributed by atoms with van der Waals surface area (Å²) in [5.41, 5.74) is 0. The van der Waals surface area contributed by atoms with Gasteiger partial charge in [-0.1, -0.05) is 0 Å². The van der Waals surface area contributed by atoms with E-state index >= 15 is 0 Å². The number of hydrogen-bond donors (Lipinski definition) is 2. The lowest BCUT2D eigenvalue weighted by atomic mass is 10.1. The summed E-state index contributed by atoms with van der Waals surface area (Å²) in [6.07, 6.45) is 1.39. The van der Waals surface area contributed by atoms with E-state index in [9.17, 15) is 13.2 Å². The molecule has 3 atom stereocenters. The Morgan fingerprint density at radius 1 is 1.48 bits per heavy atom. The minimum Gasteiger partial charge on any atom is -0.375 e. The van der Waals surface area contributed by atoms with Gasteiger partial charge < -0.3 is 15.0 Å². The summed E-state index contributed by atoms with van der Waals surface area (Å²) in [6.45, 7) is 3.73. The first kappa shape index (κ1) is 18.6. The maximum absolute atomic E-state index is 12.6. The third-order valence-corrected chi connectivity index (χ3v) is 5.41. The molecule has 0 aromatic carbocycles. The van der Waals surface area contributed by atoms with Gasteiger partial charge >= 0.3 is 0 Å². The van der Waals surface area contributed by atoms with E-state index in [0.29, 0.717) is 19.7 Å². The molecular formula is C12H24ClN3O4S. The van der Waals surface area contributed by atoms with Crippen LogP contribution < -0.4 is 10.0 Å². The van der Waals surface area contributed by atoms with Gasteiger partial charge in [0.1, 0.15) is 6.04 Å². The first-order valence-corrected chi connectivity index (χ1v) is 8.66. The van der Waals surface area contributed by atoms with Crippen molar-refractivity contribution in [3.8, 4) is 0 Å². The molecule has 0 radical (unpaired) electrons. The van der Waals surface area contributed by atoms with E-state index in [2.05, 4.69) is 10.0 Å². The third-order valence-electron chi connectivity index (χ3n) is 3.97. The van der Waals surface area contributed by atoms with Crippen LogP contribution in [0.4, 0.5) is 0 Å². The Morgan fingerprint density at radius 3 is 2.81 bits per heavy atom. The van der Waals surface area contributed by atoms with Gasteiger partial charge in [-0.05, 0) is 26.8 Å². The lowest BCUT2D eigenvalue weighted by Gasteiger charge is -2.34. The Bertz CT molecular complexity index is 459. The fraction of sp³-hybridized carbons (Fsp3) is 0.917. The second-order valence-corrected chi connectivity index (χ2v) is 7.29. The smallest absolute Gasteiger partial charge is 0.242 e. The topological polar surface area (TPSA) is 87.7 Å². The van der Waals surface area contributed by atoms with Crippen molar-refractivity contribution in [2.45, 2.75) is 38.0 Å². The predicted octanol–water partition coefficient (Wildman–Crippen LogP) is -0.675. The number of carbonyl (C=O) groups is 1. The van der Waals surface area contributed by atoms with E-state index in [1.54, 1.807) is 4.90 Å². The van der Waals surface area contributed by atoms with Crippen LogP contribution in [0.1, 0.15) is 19.8 Å². The Labute approximate surface area is 132 Å². The highest BCUT2D eigenvalue weighted by atomic mass is 35.5. The van der Waals surface area contributed by atoms with Crippen LogP contribution in [0.15, 0.2) is 0 Å². The molecule has 124 valence electrons. The van der Waals surface area contributed by atoms with Crippen LogP contribution in [0.25, 0.3) is 0 Å². The van der Waals surface area contributed by atoms with Crippen LogP contribution in [-0.4, -0.2) is 69.9 Å². The molecule has 2 aliphatic heterocycles. The van der Waals surface area contributed by atoms with Gasteiger partial charge in [0.05, 0.1) is 18.5 Å². The molecule has 0 aliphatic carbocycles. The molecule has 1 amide bonds. The largest absolute Gasteiger partial charge is 0.375 e. The van der Waals surface area contributed by atoms with Crippen LogP contribution in [0.3, 0.4) is 0 Å². The van der Waals surface area contributed by atoms with E-state index < -0.39 is 10.0 Å². The summed E-state index contributed by atoms with van der Waals surface area (Å²) in [7, 11) is -1.91. The summed E-state index contributed by atoms with van der Waals surface area (Å²) < 4.78 is 31.1. The summed E-state index contributed by atoms with van der Waals surface area (Å²) in [5.74, 6) is -0.0806. The summed E-state index contributed by atoms with van der Waals surface area (Å²) in [4.78, 5) is 14.3. The van der Waals surface area contributed by atoms with Gasteiger partial charge in [-0.25, -0.2) is 13.1 Å². The Kier molecular flexibility index (Phi) is 6.86. The van der Waals surface area contributed by atoms with Crippen molar-refractivity contribution in [2.24, 2.45) is 0 Å². The highest BCUT2D eigenvalue weighted by Gasteiger charge is 2.38. The molecule has 0 aromatic heterocycles. The monoisotopic (exact) mass is 341 g/mol. The van der Waals surface area contributed by atoms with Crippen molar-refractivity contribution in [1.29, 1.82) is 0 Å². The van der Waals surface area contributed by atoms with Gasteiger partial charge in [-0.15, -0.1) is 12.4 Å². The normalized spacial score (nSPS) is 30.0. The van der Waals surface area contributed by atoms with Crippen LogP contribution in [0.5, 0.6) is 0 Å². The zero-order chi connectivity index (χ0) is 14.8. The number of nitrogens with one attached hydrogen (secondary N) is 2. The van der Waals surface area contributed by atoms with E-state index in [-0.39, 0.29) is 42.3 Å². The molecule has 2 aliphatic rings. The molecule has 21 heavy (non-hydrogen) atoms. The van der Waals surface area contributed by atoms with E-state index in [1.807, 2.05) is 6.92 Å². The molecule has 0 bridgehead atoms. The van der Waals surface area contributed by atoms with Crippen LogP contribution in [0.2, 0.25) is 0 Å². The van der Waals surface area contributed by atoms with Crippen molar-refractivity contribution in [3.63, 3.8) is 0 Å². The molecule has 2 saturated heterocycles. The minimum absolute atomic E-state index is 0. The zero-order valence-electron chi connectivity index (χ0n) is 12.4. The van der Waals surface area contributed by atoms with Gasteiger partial charge in [0.15, 0.2) is 0 Å². The standard InChI is InChI=1S/C12H23N3O4S.ClH/c1-9-11(14-5-7-19-9)12(16)15-6-3-4-10(15)8-20(17,18)13-2;/h9-11,13-14H,3-8H2,1-2H3;1H/t9-,10?,11+;/m1./s1. The van der Waals surface area contributed by atoms with E-state index in [4.69, 9.17) is 4.74 Å². The fourth-order valence-corrected chi connectivity index (χ4v) is 3.84. The molecule has 1 unspecified atom stereocenters. The van der Waals surface area contributed by atoms with Gasteiger partial charge in [0.2, 0.25) is 15.9 Å². The Hall–Kier alpha value is -0.410. The van der Waals surface area contributed by atoms with Gasteiger partial charge in [0, 0.05) is 19.1 Å². The summed E-state index contributed by atoms with van der Waals surface area (Å²) in [5, 5.41) is 3.16. The maximum Gasteiger partial charge on any atom is 0.242 e. The Balaban J connectivity index is 0.00000220. The quantitative estimate of drug-likeness (QED) is 0.708. The molecule has 9 heteroatoms. The lowest BCUT2D eigenvalue weighted by Crippen LogP contribution is -2.58. The van der Waals surface area contributed by atoms with Crippen molar-refractivity contribution in [3.05, 3.63) is 0 Å². The number of halogens is 1. The fourth-order valence-electron chi connectivity index (χ4n) is 2.82. The van der Waals surface area contributed by atoms with Crippen LogP contribution in [-0.2, 0) is 19.6 Å². The molecule has 0 saturated carbocycles. The van der Waals surface area contributed by atoms with Crippen molar-refractivity contribution < 1.29 is 17.9 Å². The number of sulfonamides is 1. The number of rotatable bonds is 4. The van der Waals surface area contributed by atoms with Crippen LogP contribution in [0, 0.1) is 0 Å². The van der Waals surface area contributed by atoms with Crippen molar-refractivity contribution in [1.82, 2.24) is 14.9 Å². The molecule has 2 rings (SSSR count). The SMILES string of the molecule is CNS(=O)(=O)CC1CCCN1C(=O)[C@H]1NCCO[C@@H]1C.Cl. The van der Waals surface area contributed by atoms with Gasteiger partial charge in [0.25, 0.3) is 0 Å². The van der Waals surface area contributed by atoms with Crippen molar-refractivity contribution >= 4 is 28.3 Å². The first-order valence-electron chi connectivity index (χ1n) is 7.01. The number of morpholine rings is 1. The first-order chi connectivity index (χ1) is 9.44. The van der Waals surface area contributed by atoms with Crippen molar-refractivity contribution in [2.75, 3.05) is 32.5 Å². The lowest BCUT2D eigenvalue weighted by molar-refractivity contribution is -0.139. The summed E-state index contributed by atoms with van der Waals surface area (Å²) in [6, 6.07) is -0.613. The number of likely N-dealkylation sites (tertiary alicyclic amines) is 1. The Morgan fingerprint density at radius 2 is 2.19 bits per heavy atom.